The number of likely N-dealkylation sites (N-methyl/N-ethyl adjacent to an activating group) is 2. The maximum Gasteiger partial charge on any atom is 0.241 e. The van der Waals surface area contributed by atoms with E-state index in [4.69, 9.17) is 0 Å². The number of carbonyl (C=O) groups is 2. The molecule has 1 rings (SSSR count). The fraction of sp³-hybridized carbons (Fsp3) is 0.579. The molecule has 0 fully saturated rings. The van der Waals surface area contributed by atoms with Gasteiger partial charge < -0.3 is 10.2 Å². The van der Waals surface area contributed by atoms with Gasteiger partial charge in [0.1, 0.15) is 0 Å². The van der Waals surface area contributed by atoms with E-state index in [9.17, 15) is 9.59 Å². The molecule has 0 aliphatic heterocycles. The lowest BCUT2D eigenvalue weighted by molar-refractivity contribution is -0.133. The number of nitrogens with one attached hydrogen (secondary N) is 1. The van der Waals surface area contributed by atoms with Crippen LogP contribution in [0.2, 0.25) is 0 Å². The molecular formula is C19H31N3O2. The van der Waals surface area contributed by atoms with Gasteiger partial charge in [0.25, 0.3) is 0 Å². The summed E-state index contributed by atoms with van der Waals surface area (Å²) >= 11 is 0. The summed E-state index contributed by atoms with van der Waals surface area (Å²) in [5, 5.41) is 3.00. The van der Waals surface area contributed by atoms with Crippen molar-refractivity contribution < 1.29 is 9.59 Å². The van der Waals surface area contributed by atoms with Crippen molar-refractivity contribution in [2.75, 3.05) is 32.0 Å². The van der Waals surface area contributed by atoms with Crippen molar-refractivity contribution >= 4 is 17.5 Å². The SMILES string of the molecule is CCN(CC)C(=O)CN(C)C(C)C(=O)Nc1ccccc1C(C)C. The van der Waals surface area contributed by atoms with Crippen LogP contribution in [0.15, 0.2) is 24.3 Å². The molecule has 0 aromatic heterocycles. The van der Waals surface area contributed by atoms with E-state index in [0.29, 0.717) is 19.0 Å². The van der Waals surface area contributed by atoms with Crippen LogP contribution in [0.4, 0.5) is 5.69 Å². The predicted octanol–water partition coefficient (Wildman–Crippen LogP) is 2.94. The van der Waals surface area contributed by atoms with E-state index in [1.54, 1.807) is 16.8 Å². The number of nitrogens with zero attached hydrogens (tertiary/aromatic N) is 2. The normalized spacial score (nSPS) is 12.3. The average Bonchev–Trinajstić information content (AvgIpc) is 2.55. The standard InChI is InChI=1S/C19H31N3O2/c1-7-22(8-2)18(23)13-21(6)15(5)19(24)20-17-12-10-9-11-16(17)14(3)4/h9-12,14-15H,7-8,13H2,1-6H3,(H,20,24). The van der Waals surface area contributed by atoms with Crippen molar-refractivity contribution in [3.05, 3.63) is 29.8 Å². The minimum Gasteiger partial charge on any atom is -0.342 e. The molecule has 0 saturated carbocycles. The monoisotopic (exact) mass is 333 g/mol. The number of carbonyl (C=O) groups excluding carboxylic acids is 2. The highest BCUT2D eigenvalue weighted by molar-refractivity contribution is 5.95. The van der Waals surface area contributed by atoms with E-state index >= 15 is 0 Å². The van der Waals surface area contributed by atoms with Crippen molar-refractivity contribution in [1.82, 2.24) is 9.80 Å². The molecule has 1 atom stereocenters. The zero-order valence-corrected chi connectivity index (χ0v) is 15.8. The third-order valence-electron chi connectivity index (χ3n) is 4.38. The molecule has 0 bridgehead atoms. The van der Waals surface area contributed by atoms with Crippen LogP contribution in [0.1, 0.15) is 46.1 Å². The predicted molar refractivity (Wildman–Crippen MR) is 99.2 cm³/mol. The van der Waals surface area contributed by atoms with Gasteiger partial charge in [0, 0.05) is 18.8 Å². The Morgan fingerprint density at radius 2 is 1.67 bits per heavy atom. The summed E-state index contributed by atoms with van der Waals surface area (Å²) in [6.07, 6.45) is 0. The number of rotatable bonds is 8. The number of amides is 2. The number of hydrogen-bond donors (Lipinski definition) is 1. The van der Waals surface area contributed by atoms with Crippen molar-refractivity contribution in [2.45, 2.75) is 46.6 Å². The van der Waals surface area contributed by atoms with E-state index in [-0.39, 0.29) is 24.4 Å². The smallest absolute Gasteiger partial charge is 0.241 e. The maximum absolute atomic E-state index is 12.5. The van der Waals surface area contributed by atoms with Crippen molar-refractivity contribution in [3.63, 3.8) is 0 Å². The Hall–Kier alpha value is -1.88. The van der Waals surface area contributed by atoms with Crippen LogP contribution in [0.5, 0.6) is 0 Å². The van der Waals surface area contributed by atoms with Crippen LogP contribution in [0.25, 0.3) is 0 Å². The number of anilines is 1. The van der Waals surface area contributed by atoms with Crippen molar-refractivity contribution in [2.24, 2.45) is 0 Å². The third kappa shape index (κ3) is 5.34. The Balaban J connectivity index is 2.72. The van der Waals surface area contributed by atoms with Crippen LogP contribution in [0, 0.1) is 0 Å². The lowest BCUT2D eigenvalue weighted by Gasteiger charge is -2.27. The molecule has 0 heterocycles. The Morgan fingerprint density at radius 1 is 1.08 bits per heavy atom. The lowest BCUT2D eigenvalue weighted by atomic mass is 10.0. The molecule has 2 amide bonds. The van der Waals surface area contributed by atoms with E-state index in [1.807, 2.05) is 45.0 Å². The topological polar surface area (TPSA) is 52.7 Å². The average molecular weight is 333 g/mol. The summed E-state index contributed by atoms with van der Waals surface area (Å²) < 4.78 is 0. The van der Waals surface area contributed by atoms with Gasteiger partial charge in [0.15, 0.2) is 0 Å². The molecule has 0 saturated heterocycles. The summed E-state index contributed by atoms with van der Waals surface area (Å²) in [6.45, 7) is 11.6. The van der Waals surface area contributed by atoms with Crippen LogP contribution < -0.4 is 5.32 Å². The van der Waals surface area contributed by atoms with Gasteiger partial charge in [-0.1, -0.05) is 32.0 Å². The van der Waals surface area contributed by atoms with Gasteiger partial charge in [-0.3, -0.25) is 14.5 Å². The first-order valence-corrected chi connectivity index (χ1v) is 8.69. The molecule has 1 unspecified atom stereocenters. The van der Waals surface area contributed by atoms with E-state index in [1.165, 1.54) is 0 Å². The third-order valence-corrected chi connectivity index (χ3v) is 4.38. The first-order valence-electron chi connectivity index (χ1n) is 8.69. The molecule has 24 heavy (non-hydrogen) atoms. The molecular weight excluding hydrogens is 302 g/mol. The molecule has 0 radical (unpaired) electrons. The van der Waals surface area contributed by atoms with Crippen LogP contribution >= 0.6 is 0 Å². The number of hydrogen-bond acceptors (Lipinski definition) is 3. The molecule has 0 aliphatic carbocycles. The Labute approximate surface area is 146 Å². The van der Waals surface area contributed by atoms with Crippen molar-refractivity contribution in [3.8, 4) is 0 Å². The molecule has 5 heteroatoms. The summed E-state index contributed by atoms with van der Waals surface area (Å²) in [7, 11) is 1.81. The molecule has 134 valence electrons. The number of benzene rings is 1. The molecule has 0 spiro atoms. The minimum absolute atomic E-state index is 0.0460. The van der Waals surface area contributed by atoms with Crippen LogP contribution in [0.3, 0.4) is 0 Å². The second-order valence-corrected chi connectivity index (χ2v) is 6.39. The van der Waals surface area contributed by atoms with E-state index in [2.05, 4.69) is 19.2 Å². The Morgan fingerprint density at radius 3 is 2.21 bits per heavy atom. The van der Waals surface area contributed by atoms with Gasteiger partial charge >= 0.3 is 0 Å². The first kappa shape index (κ1) is 20.2. The quantitative estimate of drug-likeness (QED) is 0.796. The van der Waals surface area contributed by atoms with Gasteiger partial charge in [-0.15, -0.1) is 0 Å². The van der Waals surface area contributed by atoms with E-state index in [0.717, 1.165) is 11.3 Å². The molecule has 1 aromatic carbocycles. The molecule has 1 N–H and O–H groups in total. The highest BCUT2D eigenvalue weighted by Crippen LogP contribution is 2.23. The summed E-state index contributed by atoms with van der Waals surface area (Å²) in [5.41, 5.74) is 1.95. The zero-order chi connectivity index (χ0) is 18.3. The maximum atomic E-state index is 12.5. The lowest BCUT2D eigenvalue weighted by Crippen LogP contribution is -2.46. The summed E-state index contributed by atoms with van der Waals surface area (Å²) in [6, 6.07) is 7.45. The summed E-state index contributed by atoms with van der Waals surface area (Å²) in [4.78, 5) is 28.3. The summed E-state index contributed by atoms with van der Waals surface area (Å²) in [5.74, 6) is 0.279. The zero-order valence-electron chi connectivity index (χ0n) is 15.8. The fourth-order valence-electron chi connectivity index (χ4n) is 2.58. The molecule has 5 nitrogen and oxygen atoms in total. The van der Waals surface area contributed by atoms with Gasteiger partial charge in [0.2, 0.25) is 11.8 Å². The van der Waals surface area contributed by atoms with Crippen LogP contribution in [-0.2, 0) is 9.59 Å². The highest BCUT2D eigenvalue weighted by Gasteiger charge is 2.22. The largest absolute Gasteiger partial charge is 0.342 e. The van der Waals surface area contributed by atoms with Gasteiger partial charge in [-0.05, 0) is 45.4 Å². The van der Waals surface area contributed by atoms with Gasteiger partial charge in [-0.25, -0.2) is 0 Å². The molecule has 0 aliphatic rings. The van der Waals surface area contributed by atoms with Gasteiger partial charge in [0.05, 0.1) is 12.6 Å². The van der Waals surface area contributed by atoms with E-state index < -0.39 is 0 Å². The second-order valence-electron chi connectivity index (χ2n) is 6.39. The first-order chi connectivity index (χ1) is 11.3. The highest BCUT2D eigenvalue weighted by atomic mass is 16.2. The Kier molecular flexibility index (Phi) is 7.92. The fourth-order valence-corrected chi connectivity index (χ4v) is 2.58. The Bertz CT molecular complexity index is 553. The number of para-hydroxylation sites is 1. The van der Waals surface area contributed by atoms with Crippen LogP contribution in [-0.4, -0.2) is 54.3 Å². The second kappa shape index (κ2) is 9.42. The van der Waals surface area contributed by atoms with Gasteiger partial charge in [-0.2, -0.15) is 0 Å². The minimum atomic E-state index is -0.385. The molecule has 1 aromatic rings. The van der Waals surface area contributed by atoms with Crippen molar-refractivity contribution in [1.29, 1.82) is 0 Å².